The molecule has 2 amide bonds. The van der Waals surface area contributed by atoms with Crippen LogP contribution in [0.5, 0.6) is 0 Å². The van der Waals surface area contributed by atoms with Crippen LogP contribution in [-0.4, -0.2) is 16.7 Å². The molecule has 0 atom stereocenters. The average molecular weight is 321 g/mol. The summed E-state index contributed by atoms with van der Waals surface area (Å²) in [6.45, 7) is 0.0607. The Kier molecular flexibility index (Phi) is 3.35. The Morgan fingerprint density at radius 1 is 1.05 bits per heavy atom. The molecule has 3 rings (SSSR count). The van der Waals surface area contributed by atoms with Gasteiger partial charge in [-0.1, -0.05) is 29.3 Å². The van der Waals surface area contributed by atoms with Gasteiger partial charge in [0.15, 0.2) is 0 Å². The third-order valence-corrected chi connectivity index (χ3v) is 3.97. The Morgan fingerprint density at radius 2 is 1.81 bits per heavy atom. The first-order chi connectivity index (χ1) is 9.99. The monoisotopic (exact) mass is 320 g/mol. The van der Waals surface area contributed by atoms with Crippen molar-refractivity contribution >= 4 is 40.7 Å². The highest BCUT2D eigenvalue weighted by Gasteiger charge is 2.37. The lowest BCUT2D eigenvalue weighted by Crippen LogP contribution is -2.29. The van der Waals surface area contributed by atoms with E-state index in [1.807, 2.05) is 0 Å². The van der Waals surface area contributed by atoms with E-state index in [2.05, 4.69) is 0 Å². The van der Waals surface area contributed by atoms with Gasteiger partial charge in [-0.2, -0.15) is 0 Å². The third-order valence-electron chi connectivity index (χ3n) is 3.37. The van der Waals surface area contributed by atoms with Crippen molar-refractivity contribution in [2.24, 2.45) is 0 Å². The molecule has 1 aliphatic heterocycles. The SMILES string of the molecule is Nc1cccc2c1C(=O)N(Cc1cc(Cl)ccc1Cl)C2=O. The van der Waals surface area contributed by atoms with Gasteiger partial charge in [0, 0.05) is 15.7 Å². The normalized spacial score (nSPS) is 13.7. The van der Waals surface area contributed by atoms with Crippen LogP contribution in [0.15, 0.2) is 36.4 Å². The molecular weight excluding hydrogens is 311 g/mol. The summed E-state index contributed by atoms with van der Waals surface area (Å²) >= 11 is 12.0. The highest BCUT2D eigenvalue weighted by Crippen LogP contribution is 2.30. The van der Waals surface area contributed by atoms with Gasteiger partial charge < -0.3 is 5.73 Å². The number of anilines is 1. The molecule has 2 aromatic carbocycles. The van der Waals surface area contributed by atoms with Gasteiger partial charge in [0.25, 0.3) is 11.8 Å². The third kappa shape index (κ3) is 2.26. The quantitative estimate of drug-likeness (QED) is 0.681. The van der Waals surface area contributed by atoms with Crippen molar-refractivity contribution in [3.8, 4) is 0 Å². The fourth-order valence-corrected chi connectivity index (χ4v) is 2.71. The lowest BCUT2D eigenvalue weighted by molar-refractivity contribution is 0.0643. The smallest absolute Gasteiger partial charge is 0.263 e. The van der Waals surface area contributed by atoms with Gasteiger partial charge in [-0.25, -0.2) is 0 Å². The summed E-state index contributed by atoms with van der Waals surface area (Å²) < 4.78 is 0. The number of nitrogens with zero attached hydrogens (tertiary/aromatic N) is 1. The molecule has 2 N–H and O–H groups in total. The van der Waals surface area contributed by atoms with Crippen molar-refractivity contribution in [3.63, 3.8) is 0 Å². The summed E-state index contributed by atoms with van der Waals surface area (Å²) in [7, 11) is 0. The van der Waals surface area contributed by atoms with Crippen molar-refractivity contribution in [2.75, 3.05) is 5.73 Å². The van der Waals surface area contributed by atoms with E-state index in [1.54, 1.807) is 36.4 Å². The molecule has 0 bridgehead atoms. The molecule has 0 fully saturated rings. The molecule has 106 valence electrons. The van der Waals surface area contributed by atoms with Crippen LogP contribution in [0.2, 0.25) is 10.0 Å². The minimum absolute atomic E-state index is 0.0607. The Morgan fingerprint density at radius 3 is 2.52 bits per heavy atom. The van der Waals surface area contributed by atoms with E-state index in [4.69, 9.17) is 28.9 Å². The summed E-state index contributed by atoms with van der Waals surface area (Å²) in [4.78, 5) is 25.8. The summed E-state index contributed by atoms with van der Waals surface area (Å²) in [5, 5.41) is 0.939. The van der Waals surface area contributed by atoms with Crippen molar-refractivity contribution in [2.45, 2.75) is 6.54 Å². The van der Waals surface area contributed by atoms with Crippen molar-refractivity contribution in [3.05, 3.63) is 63.1 Å². The zero-order valence-corrected chi connectivity index (χ0v) is 12.3. The molecule has 0 radical (unpaired) electrons. The van der Waals surface area contributed by atoms with Gasteiger partial charge in [-0.3, -0.25) is 14.5 Å². The number of carbonyl (C=O) groups is 2. The van der Waals surface area contributed by atoms with Crippen LogP contribution in [0.1, 0.15) is 26.3 Å². The van der Waals surface area contributed by atoms with E-state index in [0.29, 0.717) is 26.9 Å². The van der Waals surface area contributed by atoms with E-state index in [0.717, 1.165) is 4.90 Å². The predicted molar refractivity (Wildman–Crippen MR) is 81.5 cm³/mol. The van der Waals surface area contributed by atoms with E-state index in [-0.39, 0.29) is 18.0 Å². The maximum absolute atomic E-state index is 12.4. The number of halogens is 2. The molecule has 4 nitrogen and oxygen atoms in total. The standard InChI is InChI=1S/C15H10Cl2N2O2/c16-9-4-5-11(17)8(6-9)7-19-14(20)10-2-1-3-12(18)13(10)15(19)21/h1-6H,7,18H2. The van der Waals surface area contributed by atoms with Crippen molar-refractivity contribution < 1.29 is 9.59 Å². The van der Waals surface area contributed by atoms with Crippen LogP contribution >= 0.6 is 23.2 Å². The van der Waals surface area contributed by atoms with E-state index >= 15 is 0 Å². The molecule has 0 spiro atoms. The first-order valence-electron chi connectivity index (χ1n) is 6.17. The van der Waals surface area contributed by atoms with Gasteiger partial charge >= 0.3 is 0 Å². The fourth-order valence-electron chi connectivity index (χ4n) is 2.34. The van der Waals surface area contributed by atoms with Crippen LogP contribution in [-0.2, 0) is 6.54 Å². The zero-order valence-electron chi connectivity index (χ0n) is 10.8. The largest absolute Gasteiger partial charge is 0.398 e. The number of fused-ring (bicyclic) bond motifs is 1. The minimum atomic E-state index is -0.413. The predicted octanol–water partition coefficient (Wildman–Crippen LogP) is 3.37. The topological polar surface area (TPSA) is 63.4 Å². The van der Waals surface area contributed by atoms with E-state index in [9.17, 15) is 9.59 Å². The average Bonchev–Trinajstić information content (AvgIpc) is 2.69. The molecule has 0 saturated carbocycles. The zero-order chi connectivity index (χ0) is 15.1. The summed E-state index contributed by atoms with van der Waals surface area (Å²) in [6, 6.07) is 9.75. The lowest BCUT2D eigenvalue weighted by Gasteiger charge is -2.15. The fraction of sp³-hybridized carbons (Fsp3) is 0.0667. The number of imide groups is 1. The number of hydrogen-bond donors (Lipinski definition) is 1. The first-order valence-corrected chi connectivity index (χ1v) is 6.93. The molecule has 0 aromatic heterocycles. The molecule has 1 aliphatic rings. The second-order valence-electron chi connectivity index (χ2n) is 4.70. The molecule has 6 heteroatoms. The molecule has 0 unspecified atom stereocenters. The second-order valence-corrected chi connectivity index (χ2v) is 5.55. The van der Waals surface area contributed by atoms with Crippen LogP contribution in [0.4, 0.5) is 5.69 Å². The lowest BCUT2D eigenvalue weighted by atomic mass is 10.1. The van der Waals surface area contributed by atoms with E-state index < -0.39 is 5.91 Å². The Balaban J connectivity index is 1.99. The Hall–Kier alpha value is -2.04. The first kappa shape index (κ1) is 13.9. The van der Waals surface area contributed by atoms with Gasteiger partial charge in [-0.05, 0) is 35.9 Å². The number of benzene rings is 2. The van der Waals surface area contributed by atoms with Crippen LogP contribution in [0, 0.1) is 0 Å². The number of amides is 2. The number of nitrogen functional groups attached to an aromatic ring is 1. The molecule has 2 aromatic rings. The number of hydrogen-bond acceptors (Lipinski definition) is 3. The summed E-state index contributed by atoms with van der Waals surface area (Å²) in [6.07, 6.45) is 0. The maximum Gasteiger partial charge on any atom is 0.263 e. The molecule has 21 heavy (non-hydrogen) atoms. The minimum Gasteiger partial charge on any atom is -0.398 e. The highest BCUT2D eigenvalue weighted by molar-refractivity contribution is 6.33. The van der Waals surface area contributed by atoms with Crippen molar-refractivity contribution in [1.29, 1.82) is 0 Å². The van der Waals surface area contributed by atoms with Crippen LogP contribution in [0.3, 0.4) is 0 Å². The second kappa shape index (κ2) is 5.06. The Bertz CT molecular complexity index is 774. The number of rotatable bonds is 2. The van der Waals surface area contributed by atoms with Crippen molar-refractivity contribution in [1.82, 2.24) is 4.90 Å². The maximum atomic E-state index is 12.4. The molecule has 0 aliphatic carbocycles. The van der Waals surface area contributed by atoms with Gasteiger partial charge in [0.05, 0.1) is 17.7 Å². The van der Waals surface area contributed by atoms with Crippen LogP contribution < -0.4 is 5.73 Å². The van der Waals surface area contributed by atoms with Gasteiger partial charge in [0.1, 0.15) is 0 Å². The molecule has 0 saturated heterocycles. The van der Waals surface area contributed by atoms with Gasteiger partial charge in [0.2, 0.25) is 0 Å². The Labute approximate surface area is 131 Å². The van der Waals surface area contributed by atoms with E-state index in [1.165, 1.54) is 0 Å². The van der Waals surface area contributed by atoms with Crippen LogP contribution in [0.25, 0.3) is 0 Å². The van der Waals surface area contributed by atoms with Gasteiger partial charge in [-0.15, -0.1) is 0 Å². The summed E-state index contributed by atoms with van der Waals surface area (Å²) in [5.41, 5.74) is 7.26. The number of nitrogens with two attached hydrogens (primary N) is 1. The highest BCUT2D eigenvalue weighted by atomic mass is 35.5. The number of carbonyl (C=O) groups excluding carboxylic acids is 2. The molecular formula is C15H10Cl2N2O2. The summed E-state index contributed by atoms with van der Waals surface area (Å²) in [5.74, 6) is -0.789. The molecule has 1 heterocycles.